The topological polar surface area (TPSA) is 74.2 Å². The summed E-state index contributed by atoms with van der Waals surface area (Å²) in [5.74, 6) is 1.12. The van der Waals surface area contributed by atoms with Gasteiger partial charge in [-0.3, -0.25) is 0 Å². The molecular formula is C19H20O6. The van der Waals surface area contributed by atoms with E-state index in [2.05, 4.69) is 0 Å². The maximum Gasteiger partial charge on any atom is 0.328 e. The number of methoxy groups -OCH3 is 4. The summed E-state index contributed by atoms with van der Waals surface area (Å²) < 4.78 is 21.1. The Morgan fingerprint density at radius 1 is 0.800 bits per heavy atom. The number of rotatable bonds is 7. The van der Waals surface area contributed by atoms with Gasteiger partial charge in [0.1, 0.15) is 11.5 Å². The van der Waals surface area contributed by atoms with E-state index >= 15 is 0 Å². The molecule has 25 heavy (non-hydrogen) atoms. The van der Waals surface area contributed by atoms with Crippen molar-refractivity contribution in [3.63, 3.8) is 0 Å². The lowest BCUT2D eigenvalue weighted by Crippen LogP contribution is -1.98. The second-order valence-corrected chi connectivity index (χ2v) is 5.07. The van der Waals surface area contributed by atoms with Crippen LogP contribution in [0.3, 0.4) is 0 Å². The Labute approximate surface area is 146 Å². The molecule has 0 aliphatic rings. The van der Waals surface area contributed by atoms with Crippen molar-refractivity contribution in [2.24, 2.45) is 0 Å². The van der Waals surface area contributed by atoms with Gasteiger partial charge in [0.15, 0.2) is 11.5 Å². The van der Waals surface area contributed by atoms with E-state index in [4.69, 9.17) is 18.9 Å². The molecule has 0 amide bonds. The summed E-state index contributed by atoms with van der Waals surface area (Å²) in [7, 11) is 6.14. The molecule has 6 nitrogen and oxygen atoms in total. The minimum Gasteiger partial charge on any atom is -0.497 e. The molecule has 0 unspecified atom stereocenters. The third kappa shape index (κ3) is 4.23. The molecule has 0 saturated heterocycles. The Bertz CT molecular complexity index is 772. The van der Waals surface area contributed by atoms with E-state index in [1.165, 1.54) is 21.3 Å². The molecule has 0 heterocycles. The fraction of sp³-hybridized carbons (Fsp3) is 0.211. The van der Waals surface area contributed by atoms with Crippen LogP contribution in [-0.2, 0) is 4.79 Å². The van der Waals surface area contributed by atoms with Gasteiger partial charge in [0.2, 0.25) is 0 Å². The molecule has 0 radical (unpaired) electrons. The number of hydrogen-bond acceptors (Lipinski definition) is 5. The number of aliphatic carboxylic acids is 1. The number of ether oxygens (including phenoxy) is 4. The van der Waals surface area contributed by atoms with Crippen LogP contribution in [0.25, 0.3) is 5.57 Å². The van der Waals surface area contributed by atoms with Gasteiger partial charge >= 0.3 is 5.97 Å². The lowest BCUT2D eigenvalue weighted by molar-refractivity contribution is -0.131. The van der Waals surface area contributed by atoms with Crippen LogP contribution >= 0.6 is 0 Å². The summed E-state index contributed by atoms with van der Waals surface area (Å²) >= 11 is 0. The first-order chi connectivity index (χ1) is 12.0. The van der Waals surface area contributed by atoms with Gasteiger partial charge in [-0.2, -0.15) is 0 Å². The zero-order valence-corrected chi connectivity index (χ0v) is 14.5. The van der Waals surface area contributed by atoms with Gasteiger partial charge in [-0.05, 0) is 41.0 Å². The number of hydrogen-bond donors (Lipinski definition) is 1. The zero-order chi connectivity index (χ0) is 18.4. The molecule has 0 fully saturated rings. The third-order valence-electron chi connectivity index (χ3n) is 3.62. The van der Waals surface area contributed by atoms with Gasteiger partial charge in [-0.15, -0.1) is 0 Å². The maximum absolute atomic E-state index is 11.3. The Hall–Kier alpha value is -3.15. The fourth-order valence-electron chi connectivity index (χ4n) is 2.42. The van der Waals surface area contributed by atoms with Crippen molar-refractivity contribution in [2.75, 3.05) is 28.4 Å². The standard InChI is InChI=1S/C19H20O6/c1-22-14-7-13(8-15(10-14)23-2)16(11-19(20)21)12-5-6-17(24-3)18(9-12)25-4/h5-11H,1-4H3,(H,20,21)/b16-11-. The minimum atomic E-state index is -1.06. The van der Waals surface area contributed by atoms with Crippen LogP contribution in [0.1, 0.15) is 11.1 Å². The van der Waals surface area contributed by atoms with Crippen LogP contribution < -0.4 is 18.9 Å². The average molecular weight is 344 g/mol. The van der Waals surface area contributed by atoms with E-state index in [-0.39, 0.29) is 0 Å². The molecule has 132 valence electrons. The van der Waals surface area contributed by atoms with Crippen LogP contribution in [0.15, 0.2) is 42.5 Å². The Kier molecular flexibility index (Phi) is 5.89. The lowest BCUT2D eigenvalue weighted by Gasteiger charge is -2.14. The first kappa shape index (κ1) is 18.2. The van der Waals surface area contributed by atoms with E-state index in [1.807, 2.05) is 0 Å². The van der Waals surface area contributed by atoms with E-state index < -0.39 is 5.97 Å². The summed E-state index contributed by atoms with van der Waals surface area (Å²) in [6.07, 6.45) is 1.13. The van der Waals surface area contributed by atoms with Crippen LogP contribution in [0, 0.1) is 0 Å². The van der Waals surface area contributed by atoms with Gasteiger partial charge in [-0.1, -0.05) is 6.07 Å². The van der Waals surface area contributed by atoms with Gasteiger partial charge in [-0.25, -0.2) is 4.79 Å². The van der Waals surface area contributed by atoms with Crippen LogP contribution in [0.4, 0.5) is 0 Å². The zero-order valence-electron chi connectivity index (χ0n) is 14.5. The molecule has 0 atom stereocenters. The van der Waals surface area contributed by atoms with Crippen molar-refractivity contribution in [1.82, 2.24) is 0 Å². The van der Waals surface area contributed by atoms with Crippen molar-refractivity contribution in [3.8, 4) is 23.0 Å². The summed E-state index contributed by atoms with van der Waals surface area (Å²) in [5.41, 5.74) is 1.80. The number of carboxylic acids is 1. The minimum absolute atomic E-state index is 0.491. The first-order valence-corrected chi connectivity index (χ1v) is 7.42. The van der Waals surface area contributed by atoms with E-state index in [1.54, 1.807) is 43.5 Å². The van der Waals surface area contributed by atoms with E-state index in [0.717, 1.165) is 6.08 Å². The Morgan fingerprint density at radius 3 is 1.88 bits per heavy atom. The highest BCUT2D eigenvalue weighted by Crippen LogP contribution is 2.35. The van der Waals surface area contributed by atoms with E-state index in [9.17, 15) is 9.90 Å². The smallest absolute Gasteiger partial charge is 0.328 e. The summed E-state index contributed by atoms with van der Waals surface area (Å²) in [4.78, 5) is 11.3. The molecule has 0 saturated carbocycles. The maximum atomic E-state index is 11.3. The van der Waals surface area contributed by atoms with Crippen LogP contribution in [0.5, 0.6) is 23.0 Å². The lowest BCUT2D eigenvalue weighted by atomic mass is 9.96. The quantitative estimate of drug-likeness (QED) is 0.777. The molecule has 0 spiro atoms. The van der Waals surface area contributed by atoms with Crippen molar-refractivity contribution in [1.29, 1.82) is 0 Å². The normalized spacial score (nSPS) is 11.0. The second-order valence-electron chi connectivity index (χ2n) is 5.07. The first-order valence-electron chi connectivity index (χ1n) is 7.42. The predicted octanol–water partition coefficient (Wildman–Crippen LogP) is 3.24. The molecule has 1 N–H and O–H groups in total. The monoisotopic (exact) mass is 344 g/mol. The van der Waals surface area contributed by atoms with Crippen molar-refractivity contribution in [3.05, 3.63) is 53.6 Å². The van der Waals surface area contributed by atoms with Gasteiger partial charge in [0, 0.05) is 12.1 Å². The van der Waals surface area contributed by atoms with E-state index in [0.29, 0.717) is 39.7 Å². The number of benzene rings is 2. The average Bonchev–Trinajstić information content (AvgIpc) is 2.64. The molecule has 0 aliphatic carbocycles. The molecular weight excluding hydrogens is 324 g/mol. The second kappa shape index (κ2) is 8.10. The summed E-state index contributed by atoms with van der Waals surface area (Å²) in [5, 5.41) is 9.29. The molecule has 0 bridgehead atoms. The largest absolute Gasteiger partial charge is 0.497 e. The molecule has 0 aliphatic heterocycles. The third-order valence-corrected chi connectivity index (χ3v) is 3.62. The summed E-state index contributed by atoms with van der Waals surface area (Å²) in [6, 6.07) is 10.4. The van der Waals surface area contributed by atoms with Crippen LogP contribution in [0.2, 0.25) is 0 Å². The Morgan fingerprint density at radius 2 is 1.40 bits per heavy atom. The van der Waals surface area contributed by atoms with Gasteiger partial charge in [0.05, 0.1) is 28.4 Å². The number of carbonyl (C=O) groups is 1. The highest BCUT2D eigenvalue weighted by atomic mass is 16.5. The highest BCUT2D eigenvalue weighted by Gasteiger charge is 2.14. The van der Waals surface area contributed by atoms with Crippen molar-refractivity contribution < 1.29 is 28.8 Å². The molecule has 6 heteroatoms. The van der Waals surface area contributed by atoms with Gasteiger partial charge in [0.25, 0.3) is 0 Å². The van der Waals surface area contributed by atoms with Gasteiger partial charge < -0.3 is 24.1 Å². The SMILES string of the molecule is COc1cc(OC)cc(/C(=C\C(=O)O)c2ccc(OC)c(OC)c2)c1. The van der Waals surface area contributed by atoms with Crippen molar-refractivity contribution in [2.45, 2.75) is 0 Å². The highest BCUT2D eigenvalue weighted by molar-refractivity contribution is 5.96. The number of carboxylic acid groups (broad SMARTS) is 1. The fourth-order valence-corrected chi connectivity index (χ4v) is 2.42. The molecule has 0 aromatic heterocycles. The molecule has 2 rings (SSSR count). The molecule has 2 aromatic carbocycles. The van der Waals surface area contributed by atoms with Crippen molar-refractivity contribution >= 4 is 11.5 Å². The Balaban J connectivity index is 2.64. The predicted molar refractivity (Wildman–Crippen MR) is 93.8 cm³/mol. The molecule has 2 aromatic rings. The van der Waals surface area contributed by atoms with Crippen LogP contribution in [-0.4, -0.2) is 39.5 Å². The summed E-state index contributed by atoms with van der Waals surface area (Å²) in [6.45, 7) is 0.